The zero-order valence-corrected chi connectivity index (χ0v) is 16.0. The van der Waals surface area contributed by atoms with Crippen molar-refractivity contribution >= 4 is 23.1 Å². The minimum atomic E-state index is -0.0563. The Morgan fingerprint density at radius 3 is 2.04 bits per heavy atom. The average Bonchev–Trinajstić information content (AvgIpc) is 2.79. The van der Waals surface area contributed by atoms with Gasteiger partial charge in [0.1, 0.15) is 5.82 Å². The molecule has 0 N–H and O–H groups in total. The molecular weight excluding hydrogens is 348 g/mol. The molecule has 0 radical (unpaired) electrons. The molecule has 2 heterocycles. The average molecular weight is 372 g/mol. The van der Waals surface area contributed by atoms with Crippen LogP contribution >= 0.6 is 0 Å². The predicted molar refractivity (Wildman–Crippen MR) is 114 cm³/mol. The monoisotopic (exact) mass is 372 g/mol. The highest BCUT2D eigenvalue weighted by Gasteiger charge is 2.19. The second-order valence-corrected chi connectivity index (χ2v) is 6.91. The summed E-state index contributed by atoms with van der Waals surface area (Å²) in [6, 6.07) is 23.9. The van der Waals surface area contributed by atoms with Gasteiger partial charge in [0, 0.05) is 50.8 Å². The van der Waals surface area contributed by atoms with Crippen LogP contribution in [0.15, 0.2) is 79.0 Å². The van der Waals surface area contributed by atoms with Crippen LogP contribution in [0.25, 0.3) is 0 Å². The molecular formula is C23H24N4O. The molecule has 1 aromatic heterocycles. The zero-order valence-electron chi connectivity index (χ0n) is 16.0. The summed E-state index contributed by atoms with van der Waals surface area (Å²) in [7, 11) is 1.79. The van der Waals surface area contributed by atoms with Crippen LogP contribution in [0.1, 0.15) is 10.4 Å². The lowest BCUT2D eigenvalue weighted by molar-refractivity contribution is 0.0992. The van der Waals surface area contributed by atoms with Crippen LogP contribution in [0, 0.1) is 0 Å². The minimum Gasteiger partial charge on any atom is -0.368 e. The van der Waals surface area contributed by atoms with Crippen molar-refractivity contribution in [1.29, 1.82) is 0 Å². The van der Waals surface area contributed by atoms with E-state index in [-0.39, 0.29) is 5.91 Å². The fraction of sp³-hybridized carbons (Fsp3) is 0.217. The fourth-order valence-corrected chi connectivity index (χ4v) is 3.49. The van der Waals surface area contributed by atoms with E-state index in [0.29, 0.717) is 5.56 Å². The molecule has 4 rings (SSSR count). The maximum atomic E-state index is 12.7. The number of carbonyl (C=O) groups is 1. The number of aromatic nitrogens is 1. The number of hydrogen-bond acceptors (Lipinski definition) is 4. The van der Waals surface area contributed by atoms with Crippen LogP contribution in [0.5, 0.6) is 0 Å². The summed E-state index contributed by atoms with van der Waals surface area (Å²) < 4.78 is 0. The van der Waals surface area contributed by atoms with Crippen LogP contribution in [0.2, 0.25) is 0 Å². The molecule has 0 bridgehead atoms. The van der Waals surface area contributed by atoms with Gasteiger partial charge in [0.25, 0.3) is 5.91 Å². The van der Waals surface area contributed by atoms with Crippen molar-refractivity contribution in [2.24, 2.45) is 0 Å². The number of nitrogens with zero attached hydrogens (tertiary/aromatic N) is 4. The van der Waals surface area contributed by atoms with Gasteiger partial charge in [0.15, 0.2) is 0 Å². The highest BCUT2D eigenvalue weighted by atomic mass is 16.2. The Morgan fingerprint density at radius 2 is 1.43 bits per heavy atom. The molecule has 0 unspecified atom stereocenters. The molecule has 3 aromatic rings. The molecule has 0 spiro atoms. The summed E-state index contributed by atoms with van der Waals surface area (Å²) in [6.45, 7) is 3.75. The third kappa shape index (κ3) is 3.83. The van der Waals surface area contributed by atoms with Gasteiger partial charge in [-0.2, -0.15) is 0 Å². The number of anilines is 3. The van der Waals surface area contributed by atoms with E-state index in [9.17, 15) is 4.79 Å². The van der Waals surface area contributed by atoms with E-state index in [0.717, 1.165) is 37.7 Å². The van der Waals surface area contributed by atoms with Crippen LogP contribution in [0.4, 0.5) is 17.2 Å². The molecule has 1 aliphatic rings. The highest BCUT2D eigenvalue weighted by Crippen LogP contribution is 2.20. The molecule has 0 saturated carbocycles. The van der Waals surface area contributed by atoms with Crippen molar-refractivity contribution in [3.05, 3.63) is 84.6 Å². The number of amides is 1. The first-order valence-electron chi connectivity index (χ1n) is 9.56. The van der Waals surface area contributed by atoms with Crippen molar-refractivity contribution in [3.63, 3.8) is 0 Å². The summed E-state index contributed by atoms with van der Waals surface area (Å²) in [5, 5.41) is 0. The molecule has 28 heavy (non-hydrogen) atoms. The standard InChI is InChI=1S/C23H24N4O/c1-25(20-8-4-2-5-9-20)23(28)19-12-13-22(24-18-19)27-16-14-26(15-17-27)21-10-6-3-7-11-21/h2-13,18H,14-17H2,1H3. The quantitative estimate of drug-likeness (QED) is 0.700. The second-order valence-electron chi connectivity index (χ2n) is 6.91. The van der Waals surface area contributed by atoms with Crippen LogP contribution in [-0.4, -0.2) is 44.1 Å². The first-order valence-corrected chi connectivity index (χ1v) is 9.56. The van der Waals surface area contributed by atoms with Gasteiger partial charge in [-0.15, -0.1) is 0 Å². The molecule has 1 fully saturated rings. The molecule has 5 heteroatoms. The summed E-state index contributed by atoms with van der Waals surface area (Å²) in [5.74, 6) is 0.866. The van der Waals surface area contributed by atoms with Crippen molar-refractivity contribution in [1.82, 2.24) is 4.98 Å². The van der Waals surface area contributed by atoms with Crippen molar-refractivity contribution in [2.45, 2.75) is 0 Å². The van der Waals surface area contributed by atoms with E-state index in [1.807, 2.05) is 48.5 Å². The van der Waals surface area contributed by atoms with Crippen LogP contribution in [0.3, 0.4) is 0 Å². The number of hydrogen-bond donors (Lipinski definition) is 0. The summed E-state index contributed by atoms with van der Waals surface area (Å²) in [4.78, 5) is 23.6. The van der Waals surface area contributed by atoms with E-state index in [1.165, 1.54) is 5.69 Å². The molecule has 1 aliphatic heterocycles. The van der Waals surface area contributed by atoms with E-state index >= 15 is 0 Å². The lowest BCUT2D eigenvalue weighted by atomic mass is 10.2. The number of rotatable bonds is 4. The fourth-order valence-electron chi connectivity index (χ4n) is 3.49. The molecule has 142 valence electrons. The highest BCUT2D eigenvalue weighted by molar-refractivity contribution is 6.05. The van der Waals surface area contributed by atoms with Crippen molar-refractivity contribution in [2.75, 3.05) is 47.9 Å². The Bertz CT molecular complexity index is 904. The number of pyridine rings is 1. The summed E-state index contributed by atoms with van der Waals surface area (Å²) in [5.41, 5.74) is 2.73. The van der Waals surface area contributed by atoms with E-state index in [4.69, 9.17) is 0 Å². The minimum absolute atomic E-state index is 0.0563. The number of piperazine rings is 1. The van der Waals surface area contributed by atoms with Gasteiger partial charge in [-0.25, -0.2) is 4.98 Å². The Hall–Kier alpha value is -3.34. The Kier molecular flexibility index (Phi) is 5.24. The van der Waals surface area contributed by atoms with Gasteiger partial charge in [0.05, 0.1) is 5.56 Å². The van der Waals surface area contributed by atoms with Gasteiger partial charge in [0.2, 0.25) is 0 Å². The zero-order chi connectivity index (χ0) is 19.3. The lowest BCUT2D eigenvalue weighted by Crippen LogP contribution is -2.46. The van der Waals surface area contributed by atoms with E-state index in [2.05, 4.69) is 39.0 Å². The van der Waals surface area contributed by atoms with E-state index in [1.54, 1.807) is 18.1 Å². The predicted octanol–water partition coefficient (Wildman–Crippen LogP) is 3.68. The molecule has 0 atom stereocenters. The third-order valence-corrected chi connectivity index (χ3v) is 5.17. The van der Waals surface area contributed by atoms with E-state index < -0.39 is 0 Å². The smallest absolute Gasteiger partial charge is 0.259 e. The second kappa shape index (κ2) is 8.13. The molecule has 2 aromatic carbocycles. The topological polar surface area (TPSA) is 39.7 Å². The van der Waals surface area contributed by atoms with Gasteiger partial charge in [-0.3, -0.25) is 4.79 Å². The lowest BCUT2D eigenvalue weighted by Gasteiger charge is -2.36. The SMILES string of the molecule is CN(C(=O)c1ccc(N2CCN(c3ccccc3)CC2)nc1)c1ccccc1. The number of benzene rings is 2. The van der Waals surface area contributed by atoms with Gasteiger partial charge in [-0.1, -0.05) is 36.4 Å². The van der Waals surface area contributed by atoms with Gasteiger partial charge in [-0.05, 0) is 36.4 Å². The number of carbonyl (C=O) groups excluding carboxylic acids is 1. The van der Waals surface area contributed by atoms with Crippen LogP contribution in [-0.2, 0) is 0 Å². The molecule has 5 nitrogen and oxygen atoms in total. The van der Waals surface area contributed by atoms with Gasteiger partial charge < -0.3 is 14.7 Å². The summed E-state index contributed by atoms with van der Waals surface area (Å²) >= 11 is 0. The Morgan fingerprint density at radius 1 is 0.821 bits per heavy atom. The molecule has 1 amide bonds. The van der Waals surface area contributed by atoms with Gasteiger partial charge >= 0.3 is 0 Å². The Labute approximate surface area is 165 Å². The Balaban J connectivity index is 1.39. The maximum absolute atomic E-state index is 12.7. The van der Waals surface area contributed by atoms with Crippen LogP contribution < -0.4 is 14.7 Å². The first-order chi connectivity index (χ1) is 13.7. The first kappa shape index (κ1) is 18.0. The molecule has 1 saturated heterocycles. The largest absolute Gasteiger partial charge is 0.368 e. The number of para-hydroxylation sites is 2. The molecule has 0 aliphatic carbocycles. The third-order valence-electron chi connectivity index (χ3n) is 5.17. The van der Waals surface area contributed by atoms with Crippen molar-refractivity contribution < 1.29 is 4.79 Å². The maximum Gasteiger partial charge on any atom is 0.259 e. The normalized spacial score (nSPS) is 14.0. The van der Waals surface area contributed by atoms with Crippen molar-refractivity contribution in [3.8, 4) is 0 Å². The summed E-state index contributed by atoms with van der Waals surface area (Å²) in [6.07, 6.45) is 1.68.